The van der Waals surface area contributed by atoms with E-state index in [1.807, 2.05) is 24.6 Å². The zero-order valence-corrected chi connectivity index (χ0v) is 31.7. The van der Waals surface area contributed by atoms with Crippen LogP contribution in [-0.4, -0.2) is 17.4 Å². The van der Waals surface area contributed by atoms with E-state index >= 15 is 0 Å². The number of benzene rings is 2. The third-order valence-electron chi connectivity index (χ3n) is 7.69. The van der Waals surface area contributed by atoms with Gasteiger partial charge in [-0.2, -0.15) is 0 Å². The van der Waals surface area contributed by atoms with Gasteiger partial charge in [0.1, 0.15) is 0 Å². The number of hydrogen-bond donors (Lipinski definition) is 0. The summed E-state index contributed by atoms with van der Waals surface area (Å²) >= 11 is 6.59. The molecule has 3 aromatic rings. The third kappa shape index (κ3) is 10.7. The Hall–Kier alpha value is -1.69. The van der Waals surface area contributed by atoms with Gasteiger partial charge in [0.15, 0.2) is 0 Å². The Morgan fingerprint density at radius 3 is 1.00 bits per heavy atom. The van der Waals surface area contributed by atoms with Crippen molar-refractivity contribution in [1.82, 2.24) is 4.98 Å². The maximum atomic E-state index is 6.59. The minimum atomic E-state index is 0. The molecule has 0 aliphatic heterocycles. The van der Waals surface area contributed by atoms with Crippen molar-refractivity contribution in [3.05, 3.63) is 86.2 Å². The van der Waals surface area contributed by atoms with Gasteiger partial charge in [-0.15, -0.1) is 0 Å². The van der Waals surface area contributed by atoms with Crippen molar-refractivity contribution in [2.75, 3.05) is 0 Å². The summed E-state index contributed by atoms with van der Waals surface area (Å²) in [4.78, 5) is 14.9. The number of aliphatic imine (C=N–C) groups is 2. The Bertz CT molecular complexity index is 1260. The Morgan fingerprint density at radius 1 is 0.500 bits per heavy atom. The van der Waals surface area contributed by atoms with E-state index in [0.717, 1.165) is 22.8 Å². The van der Waals surface area contributed by atoms with E-state index in [-0.39, 0.29) is 41.6 Å². The van der Waals surface area contributed by atoms with Gasteiger partial charge in [-0.3, -0.25) is 9.98 Å². The second-order valence-electron chi connectivity index (χ2n) is 13.2. The SMILES string of the molecule is CC(C)c1cc(C(C)C)c(N=Cc2cc(Cl)cc(C=Nc3c(C(C)C)cc(C(C)C)cc3C(C)C)n2)c(C(C)C)c1.[Cl-].[Cl-].[Co+2]. The first kappa shape index (κ1) is 42.3. The molecule has 0 bridgehead atoms. The molecule has 0 atom stereocenters. The van der Waals surface area contributed by atoms with E-state index in [4.69, 9.17) is 26.6 Å². The predicted octanol–water partition coefficient (Wildman–Crippen LogP) is 5.98. The van der Waals surface area contributed by atoms with E-state index in [0.29, 0.717) is 40.5 Å². The van der Waals surface area contributed by atoms with Crippen molar-refractivity contribution < 1.29 is 41.6 Å². The first-order chi connectivity index (χ1) is 19.2. The molecule has 0 saturated carbocycles. The summed E-state index contributed by atoms with van der Waals surface area (Å²) < 4.78 is 0. The smallest absolute Gasteiger partial charge is 1.00 e. The van der Waals surface area contributed by atoms with E-state index in [2.05, 4.69) is 107 Å². The molecule has 44 heavy (non-hydrogen) atoms. The van der Waals surface area contributed by atoms with Gasteiger partial charge in [-0.1, -0.05) is 119 Å². The van der Waals surface area contributed by atoms with Gasteiger partial charge in [0.25, 0.3) is 0 Å². The summed E-state index contributed by atoms with van der Waals surface area (Å²) in [5.74, 6) is 2.38. The fourth-order valence-electron chi connectivity index (χ4n) is 5.07. The number of halogens is 3. The van der Waals surface area contributed by atoms with E-state index < -0.39 is 0 Å². The molecule has 1 aromatic heterocycles. The van der Waals surface area contributed by atoms with Crippen LogP contribution in [0.25, 0.3) is 0 Å². The molecule has 3 nitrogen and oxygen atoms in total. The molecule has 7 heteroatoms. The number of rotatable bonds is 10. The molecule has 3 rings (SSSR count). The van der Waals surface area contributed by atoms with E-state index in [1.54, 1.807) is 0 Å². The summed E-state index contributed by atoms with van der Waals surface area (Å²) in [6, 6.07) is 13.0. The molecule has 1 heterocycles. The summed E-state index contributed by atoms with van der Waals surface area (Å²) in [6.07, 6.45) is 3.70. The molecule has 0 saturated heterocycles. The number of nitrogens with zero attached hydrogens (tertiary/aromatic N) is 3. The Morgan fingerprint density at radius 2 is 0.773 bits per heavy atom. The molecule has 0 spiro atoms. The van der Waals surface area contributed by atoms with Crippen molar-refractivity contribution >= 4 is 35.4 Å². The first-order valence-corrected chi connectivity index (χ1v) is 15.7. The largest absolute Gasteiger partial charge is 2.00 e. The summed E-state index contributed by atoms with van der Waals surface area (Å²) in [7, 11) is 0. The minimum Gasteiger partial charge on any atom is -1.00 e. The Kier molecular flexibility index (Phi) is 17.7. The first-order valence-electron chi connectivity index (χ1n) is 15.3. The molecule has 2 aromatic carbocycles. The molecular weight excluding hydrogens is 652 g/mol. The van der Waals surface area contributed by atoms with Crippen molar-refractivity contribution in [3.63, 3.8) is 0 Å². The fraction of sp³-hybridized carbons (Fsp3) is 0.486. The molecule has 243 valence electrons. The zero-order valence-electron chi connectivity index (χ0n) is 28.4. The van der Waals surface area contributed by atoms with Gasteiger partial charge < -0.3 is 24.8 Å². The normalized spacial score (nSPS) is 11.8. The van der Waals surface area contributed by atoms with Crippen LogP contribution in [0.5, 0.6) is 0 Å². The van der Waals surface area contributed by atoms with Gasteiger partial charge in [-0.05, 0) is 81.0 Å². The predicted molar refractivity (Wildman–Crippen MR) is 181 cm³/mol. The molecule has 0 fully saturated rings. The molecule has 1 radical (unpaired) electrons. The number of hydrogen-bond acceptors (Lipinski definition) is 3. The molecule has 0 unspecified atom stereocenters. The quantitative estimate of drug-likeness (QED) is 0.240. The summed E-state index contributed by atoms with van der Waals surface area (Å²) in [5, 5.41) is 0.620. The van der Waals surface area contributed by atoms with Crippen molar-refractivity contribution in [2.45, 2.75) is 119 Å². The van der Waals surface area contributed by atoms with Gasteiger partial charge >= 0.3 is 16.8 Å². The van der Waals surface area contributed by atoms with Gasteiger partial charge in [0.05, 0.1) is 35.2 Å². The van der Waals surface area contributed by atoms with Crippen LogP contribution in [0.15, 0.2) is 46.4 Å². The molecule has 0 aliphatic carbocycles. The van der Waals surface area contributed by atoms with Crippen LogP contribution in [-0.2, 0) is 16.8 Å². The van der Waals surface area contributed by atoms with E-state index in [9.17, 15) is 0 Å². The van der Waals surface area contributed by atoms with Crippen LogP contribution in [0.2, 0.25) is 5.02 Å². The van der Waals surface area contributed by atoms with E-state index in [1.165, 1.54) is 33.4 Å². The van der Waals surface area contributed by atoms with Crippen molar-refractivity contribution in [2.24, 2.45) is 9.98 Å². The third-order valence-corrected chi connectivity index (χ3v) is 7.90. The standard InChI is InChI=1S/C37H50ClN3.2ClH.Co/c1-21(2)27-13-32(23(5)6)36(33(14-27)24(7)8)39-19-30-17-29(38)18-31(41-30)20-40-37-34(25(9)10)15-28(22(3)4)16-35(37)26(11)12;;;/h13-26H,1-12H3;2*1H;/q;;;+2/p-2. The van der Waals surface area contributed by atoms with Crippen molar-refractivity contribution in [1.29, 1.82) is 0 Å². The summed E-state index contributed by atoms with van der Waals surface area (Å²) in [5.41, 5.74) is 11.3. The van der Waals surface area contributed by atoms with Gasteiger partial charge in [-0.25, -0.2) is 4.98 Å². The average molecular weight is 702 g/mol. The molecule has 0 N–H and O–H groups in total. The van der Waals surface area contributed by atoms with Crippen LogP contribution in [0.1, 0.15) is 163 Å². The zero-order chi connectivity index (χ0) is 30.6. The number of aromatic nitrogens is 1. The Balaban J connectivity index is 0.00000616. The minimum absolute atomic E-state index is 0. The number of pyridine rings is 1. The monoisotopic (exact) mass is 700 g/mol. The van der Waals surface area contributed by atoms with Gasteiger partial charge in [0, 0.05) is 5.02 Å². The van der Waals surface area contributed by atoms with Gasteiger partial charge in [0.2, 0.25) is 0 Å². The molecule has 0 amide bonds. The van der Waals surface area contributed by atoms with Crippen LogP contribution in [0.4, 0.5) is 11.4 Å². The topological polar surface area (TPSA) is 37.6 Å². The van der Waals surface area contributed by atoms with Crippen LogP contribution in [0, 0.1) is 0 Å². The molecular formula is C37H50Cl3CoN3. The van der Waals surface area contributed by atoms with Crippen LogP contribution in [0.3, 0.4) is 0 Å². The second kappa shape index (κ2) is 18.5. The van der Waals surface area contributed by atoms with Crippen LogP contribution >= 0.6 is 11.6 Å². The second-order valence-corrected chi connectivity index (χ2v) is 13.6. The summed E-state index contributed by atoms with van der Waals surface area (Å²) in [6.45, 7) is 26.9. The fourth-order valence-corrected chi connectivity index (χ4v) is 5.29. The van der Waals surface area contributed by atoms with Crippen molar-refractivity contribution in [3.8, 4) is 0 Å². The average Bonchev–Trinajstić information content (AvgIpc) is 2.88. The maximum absolute atomic E-state index is 6.59. The Labute approximate surface area is 295 Å². The van der Waals surface area contributed by atoms with Crippen LogP contribution < -0.4 is 24.8 Å². The molecule has 0 aliphatic rings. The maximum Gasteiger partial charge on any atom is 2.00 e.